The molecular weight excluding hydrogens is 260 g/mol. The molecule has 1 heterocycles. The van der Waals surface area contributed by atoms with Crippen LogP contribution in [0.1, 0.15) is 59.3 Å². The first-order chi connectivity index (χ1) is 10.2. The number of carbonyl (C=O) groups excluding carboxylic acids is 1. The van der Waals surface area contributed by atoms with Gasteiger partial charge in [0.15, 0.2) is 0 Å². The smallest absolute Gasteiger partial charge is 0.241 e. The Balaban J connectivity index is 1.54. The molecule has 0 aromatic heterocycles. The van der Waals surface area contributed by atoms with Crippen molar-refractivity contribution < 1.29 is 4.79 Å². The molecule has 1 saturated heterocycles. The SMILES string of the molecule is CCCC1NC(C(C)CC)C(=O)N1C1C2C3CCC(C3)C21. The van der Waals surface area contributed by atoms with Crippen LogP contribution in [-0.2, 0) is 4.79 Å². The molecule has 1 N–H and O–H groups in total. The van der Waals surface area contributed by atoms with E-state index in [0.717, 1.165) is 42.9 Å². The summed E-state index contributed by atoms with van der Waals surface area (Å²) in [5.41, 5.74) is 0. The first-order valence-corrected chi connectivity index (χ1v) is 9.25. The van der Waals surface area contributed by atoms with E-state index in [-0.39, 0.29) is 6.04 Å². The predicted octanol–water partition coefficient (Wildman–Crippen LogP) is 3.00. The van der Waals surface area contributed by atoms with Gasteiger partial charge in [0.2, 0.25) is 5.91 Å². The fraction of sp³-hybridized carbons (Fsp3) is 0.944. The molecule has 7 unspecified atom stereocenters. The van der Waals surface area contributed by atoms with Crippen molar-refractivity contribution in [1.29, 1.82) is 0 Å². The predicted molar refractivity (Wildman–Crippen MR) is 83.5 cm³/mol. The summed E-state index contributed by atoms with van der Waals surface area (Å²) in [7, 11) is 0. The third-order valence-electron chi connectivity index (χ3n) is 7.02. The van der Waals surface area contributed by atoms with Gasteiger partial charge < -0.3 is 4.90 Å². The Morgan fingerprint density at radius 3 is 2.48 bits per heavy atom. The van der Waals surface area contributed by atoms with E-state index in [2.05, 4.69) is 31.0 Å². The van der Waals surface area contributed by atoms with Crippen molar-refractivity contribution in [3.63, 3.8) is 0 Å². The lowest BCUT2D eigenvalue weighted by Gasteiger charge is -2.27. The molecule has 4 aliphatic rings. The molecule has 4 fully saturated rings. The van der Waals surface area contributed by atoms with Gasteiger partial charge in [-0.1, -0.05) is 33.6 Å². The second-order valence-corrected chi connectivity index (χ2v) is 8.06. The molecule has 2 bridgehead atoms. The van der Waals surface area contributed by atoms with Gasteiger partial charge in [-0.25, -0.2) is 0 Å². The van der Waals surface area contributed by atoms with Crippen molar-refractivity contribution >= 4 is 5.91 Å². The number of nitrogens with zero attached hydrogens (tertiary/aromatic N) is 1. The summed E-state index contributed by atoms with van der Waals surface area (Å²) in [6.07, 6.45) is 8.01. The van der Waals surface area contributed by atoms with E-state index in [1.54, 1.807) is 0 Å². The van der Waals surface area contributed by atoms with E-state index in [1.807, 2.05) is 0 Å². The number of hydrogen-bond donors (Lipinski definition) is 1. The lowest BCUT2D eigenvalue weighted by atomic mass is 9.99. The fourth-order valence-corrected chi connectivity index (χ4v) is 5.82. The highest BCUT2D eigenvalue weighted by atomic mass is 16.2. The van der Waals surface area contributed by atoms with Gasteiger partial charge in [0.25, 0.3) is 0 Å². The molecule has 0 aromatic carbocycles. The standard InChI is InChI=1S/C18H30N2O/c1-4-6-13-19-16(10(3)5-2)18(21)20(13)17-14-11-7-8-12(9-11)15(14)17/h10-17,19H,4-9H2,1-3H3. The van der Waals surface area contributed by atoms with Crippen LogP contribution in [0.5, 0.6) is 0 Å². The van der Waals surface area contributed by atoms with Crippen LogP contribution in [0.2, 0.25) is 0 Å². The second kappa shape index (κ2) is 4.97. The maximum Gasteiger partial charge on any atom is 0.241 e. The third kappa shape index (κ3) is 1.92. The van der Waals surface area contributed by atoms with Crippen LogP contribution in [0.15, 0.2) is 0 Å². The van der Waals surface area contributed by atoms with Gasteiger partial charge in [-0.3, -0.25) is 10.1 Å². The minimum atomic E-state index is 0.0746. The summed E-state index contributed by atoms with van der Waals surface area (Å²) in [5, 5.41) is 3.68. The van der Waals surface area contributed by atoms with Crippen LogP contribution in [-0.4, -0.2) is 29.1 Å². The topological polar surface area (TPSA) is 32.3 Å². The fourth-order valence-electron chi connectivity index (χ4n) is 5.82. The summed E-state index contributed by atoms with van der Waals surface area (Å²) < 4.78 is 0. The average molecular weight is 290 g/mol. The van der Waals surface area contributed by atoms with Gasteiger partial charge in [0, 0.05) is 6.04 Å². The first kappa shape index (κ1) is 14.0. The third-order valence-corrected chi connectivity index (χ3v) is 7.02. The van der Waals surface area contributed by atoms with Crippen molar-refractivity contribution in [3.05, 3.63) is 0 Å². The zero-order valence-corrected chi connectivity index (χ0v) is 13.7. The molecular formula is C18H30N2O. The van der Waals surface area contributed by atoms with Crippen molar-refractivity contribution in [2.45, 2.75) is 77.5 Å². The highest BCUT2D eigenvalue weighted by Gasteiger charge is 2.69. The van der Waals surface area contributed by atoms with Crippen molar-refractivity contribution in [3.8, 4) is 0 Å². The zero-order valence-electron chi connectivity index (χ0n) is 13.7. The molecule has 0 radical (unpaired) electrons. The van der Waals surface area contributed by atoms with E-state index < -0.39 is 0 Å². The monoisotopic (exact) mass is 290 g/mol. The first-order valence-electron chi connectivity index (χ1n) is 9.25. The Kier molecular flexibility index (Phi) is 3.33. The van der Waals surface area contributed by atoms with E-state index in [1.165, 1.54) is 19.3 Å². The normalized spacial score (nSPS) is 48.8. The van der Waals surface area contributed by atoms with Gasteiger partial charge in [-0.15, -0.1) is 0 Å². The van der Waals surface area contributed by atoms with Gasteiger partial charge in [0.05, 0.1) is 12.2 Å². The summed E-state index contributed by atoms with van der Waals surface area (Å²) in [6.45, 7) is 6.65. The minimum absolute atomic E-state index is 0.0746. The summed E-state index contributed by atoms with van der Waals surface area (Å²) in [6, 6.07) is 0.674. The summed E-state index contributed by atoms with van der Waals surface area (Å²) >= 11 is 0. The average Bonchev–Trinajstić information content (AvgIpc) is 2.81. The molecule has 0 spiro atoms. The van der Waals surface area contributed by atoms with Crippen LogP contribution < -0.4 is 5.32 Å². The Hall–Kier alpha value is -0.570. The number of carbonyl (C=O) groups is 1. The minimum Gasteiger partial charge on any atom is -0.322 e. The van der Waals surface area contributed by atoms with E-state index in [9.17, 15) is 4.79 Å². The summed E-state index contributed by atoms with van der Waals surface area (Å²) in [5.74, 6) is 4.50. The lowest BCUT2D eigenvalue weighted by Crippen LogP contribution is -2.41. The Bertz CT molecular complexity index is 421. The van der Waals surface area contributed by atoms with Gasteiger partial charge in [0.1, 0.15) is 0 Å². The summed E-state index contributed by atoms with van der Waals surface area (Å²) in [4.78, 5) is 15.3. The van der Waals surface area contributed by atoms with Crippen LogP contribution >= 0.6 is 0 Å². The van der Waals surface area contributed by atoms with Crippen LogP contribution in [0.3, 0.4) is 0 Å². The lowest BCUT2D eigenvalue weighted by molar-refractivity contribution is -0.132. The quantitative estimate of drug-likeness (QED) is 0.844. The molecule has 1 amide bonds. The molecule has 21 heavy (non-hydrogen) atoms. The number of hydrogen-bond acceptors (Lipinski definition) is 2. The molecule has 118 valence electrons. The number of amides is 1. The molecule has 3 aliphatic carbocycles. The maximum atomic E-state index is 13.0. The van der Waals surface area contributed by atoms with Gasteiger partial charge >= 0.3 is 0 Å². The Morgan fingerprint density at radius 2 is 1.90 bits per heavy atom. The maximum absolute atomic E-state index is 13.0. The van der Waals surface area contributed by atoms with E-state index in [4.69, 9.17) is 0 Å². The van der Waals surface area contributed by atoms with Crippen LogP contribution in [0.25, 0.3) is 0 Å². The van der Waals surface area contributed by atoms with Gasteiger partial charge in [-0.2, -0.15) is 0 Å². The number of fused-ring (bicyclic) bond motifs is 5. The van der Waals surface area contributed by atoms with Crippen LogP contribution in [0.4, 0.5) is 0 Å². The van der Waals surface area contributed by atoms with E-state index >= 15 is 0 Å². The van der Waals surface area contributed by atoms with Crippen LogP contribution in [0, 0.1) is 29.6 Å². The number of rotatable bonds is 5. The largest absolute Gasteiger partial charge is 0.322 e. The zero-order chi connectivity index (χ0) is 14.7. The van der Waals surface area contributed by atoms with Crippen molar-refractivity contribution in [1.82, 2.24) is 10.2 Å². The number of nitrogens with one attached hydrogen (secondary N) is 1. The van der Waals surface area contributed by atoms with Crippen molar-refractivity contribution in [2.75, 3.05) is 0 Å². The van der Waals surface area contributed by atoms with E-state index in [0.29, 0.717) is 24.0 Å². The molecule has 3 heteroatoms. The molecule has 4 rings (SSSR count). The molecule has 1 aliphatic heterocycles. The highest BCUT2D eigenvalue weighted by molar-refractivity contribution is 5.85. The second-order valence-electron chi connectivity index (χ2n) is 8.06. The molecule has 7 atom stereocenters. The molecule has 3 nitrogen and oxygen atoms in total. The Labute approximate surface area is 128 Å². The van der Waals surface area contributed by atoms with Crippen molar-refractivity contribution in [2.24, 2.45) is 29.6 Å². The van der Waals surface area contributed by atoms with Gasteiger partial charge in [-0.05, 0) is 55.3 Å². The Morgan fingerprint density at radius 1 is 1.24 bits per heavy atom. The molecule has 3 saturated carbocycles. The highest BCUT2D eigenvalue weighted by Crippen LogP contribution is 2.67. The molecule has 0 aromatic rings.